The van der Waals surface area contributed by atoms with E-state index in [-0.39, 0.29) is 23.5 Å². The molecule has 10 heteroatoms. The minimum absolute atomic E-state index is 0.113. The molecule has 1 saturated heterocycles. The van der Waals surface area contributed by atoms with Crippen LogP contribution in [0.1, 0.15) is 24.6 Å². The van der Waals surface area contributed by atoms with Gasteiger partial charge < -0.3 is 20.1 Å². The zero-order valence-electron chi connectivity index (χ0n) is 20.3. The van der Waals surface area contributed by atoms with Crippen LogP contribution in [0.2, 0.25) is 0 Å². The molecule has 2 aliphatic heterocycles. The lowest BCUT2D eigenvalue weighted by Crippen LogP contribution is -2.37. The number of nitrogens with one attached hydrogen (secondary N) is 3. The summed E-state index contributed by atoms with van der Waals surface area (Å²) in [5.41, 5.74) is 5.00. The van der Waals surface area contributed by atoms with Gasteiger partial charge in [0.25, 0.3) is 0 Å². The number of alkyl carbamates (subject to hydrolysis) is 1. The number of benzene rings is 2. The molecule has 1 amide bonds. The second-order valence-electron chi connectivity index (χ2n) is 9.41. The Morgan fingerprint density at radius 2 is 2.11 bits per heavy atom. The lowest BCUT2D eigenvalue weighted by atomic mass is 9.96. The number of rotatable bonds is 6. The summed E-state index contributed by atoms with van der Waals surface area (Å²) < 4.78 is 20.8. The third-order valence-corrected chi connectivity index (χ3v) is 7.09. The second kappa shape index (κ2) is 9.36. The van der Waals surface area contributed by atoms with Crippen LogP contribution in [0.15, 0.2) is 42.6 Å². The van der Waals surface area contributed by atoms with Crippen LogP contribution in [0.3, 0.4) is 0 Å². The highest BCUT2D eigenvalue weighted by Gasteiger charge is 2.26. The summed E-state index contributed by atoms with van der Waals surface area (Å²) in [4.78, 5) is 21.4. The van der Waals surface area contributed by atoms with Gasteiger partial charge in [-0.1, -0.05) is 25.1 Å². The number of halogens is 1. The van der Waals surface area contributed by atoms with Gasteiger partial charge in [-0.15, -0.1) is 0 Å². The van der Waals surface area contributed by atoms with E-state index in [4.69, 9.17) is 4.74 Å². The van der Waals surface area contributed by atoms with Gasteiger partial charge in [-0.05, 0) is 47.7 Å². The highest BCUT2D eigenvalue weighted by Crippen LogP contribution is 2.35. The van der Waals surface area contributed by atoms with Crippen LogP contribution >= 0.6 is 0 Å². The van der Waals surface area contributed by atoms with Crippen molar-refractivity contribution in [1.82, 2.24) is 30.4 Å². The topological polar surface area (TPSA) is 119 Å². The minimum Gasteiger partial charge on any atom is -0.508 e. The first-order valence-corrected chi connectivity index (χ1v) is 12.4. The highest BCUT2D eigenvalue weighted by molar-refractivity contribution is 5.95. The average Bonchev–Trinajstić information content (AvgIpc) is 3.65. The fourth-order valence-corrected chi connectivity index (χ4v) is 5.13. The molecule has 4 N–H and O–H groups in total. The van der Waals surface area contributed by atoms with Crippen LogP contribution < -0.4 is 5.32 Å². The Morgan fingerprint density at radius 1 is 1.24 bits per heavy atom. The Morgan fingerprint density at radius 3 is 2.86 bits per heavy atom. The van der Waals surface area contributed by atoms with Crippen LogP contribution in [-0.4, -0.2) is 68.5 Å². The quantitative estimate of drug-likeness (QED) is 0.313. The predicted molar refractivity (Wildman–Crippen MR) is 137 cm³/mol. The first-order chi connectivity index (χ1) is 18.0. The Balaban J connectivity index is 1.23. The van der Waals surface area contributed by atoms with Crippen molar-refractivity contribution < 1.29 is 19.0 Å². The third kappa shape index (κ3) is 4.33. The van der Waals surface area contributed by atoms with Crippen molar-refractivity contribution in [2.45, 2.75) is 25.9 Å². The first-order valence-electron chi connectivity index (χ1n) is 12.4. The molecule has 1 atom stereocenters. The zero-order chi connectivity index (χ0) is 25.5. The number of H-pyrrole nitrogens is 2. The molecule has 1 unspecified atom stereocenters. The lowest BCUT2D eigenvalue weighted by molar-refractivity contribution is 0.112. The maximum absolute atomic E-state index is 15.6. The molecular formula is C27H27FN6O3. The van der Waals surface area contributed by atoms with Crippen LogP contribution in [-0.2, 0) is 11.2 Å². The number of aromatic amines is 2. The van der Waals surface area contributed by atoms with Crippen LogP contribution in [0.4, 0.5) is 9.18 Å². The van der Waals surface area contributed by atoms with Crippen molar-refractivity contribution in [2.75, 3.05) is 26.2 Å². The zero-order valence-corrected chi connectivity index (χ0v) is 20.3. The molecule has 190 valence electrons. The lowest BCUT2D eigenvalue weighted by Gasteiger charge is -2.27. The van der Waals surface area contributed by atoms with Gasteiger partial charge in [-0.2, -0.15) is 5.10 Å². The molecule has 4 heterocycles. The Kier molecular flexibility index (Phi) is 5.88. The molecule has 9 nitrogen and oxygen atoms in total. The maximum Gasteiger partial charge on any atom is 0.407 e. The van der Waals surface area contributed by atoms with E-state index in [0.29, 0.717) is 42.0 Å². The van der Waals surface area contributed by atoms with Crippen molar-refractivity contribution in [3.63, 3.8) is 0 Å². The maximum atomic E-state index is 15.6. The van der Waals surface area contributed by atoms with Crippen molar-refractivity contribution >= 4 is 22.6 Å². The number of fused-ring (bicyclic) bond motifs is 1. The van der Waals surface area contributed by atoms with Gasteiger partial charge in [0.15, 0.2) is 11.6 Å². The number of nitrogens with zero attached hydrogens (tertiary/aromatic N) is 3. The van der Waals surface area contributed by atoms with Gasteiger partial charge in [0.05, 0.1) is 18.4 Å². The molecule has 37 heavy (non-hydrogen) atoms. The molecule has 2 aromatic carbocycles. The number of hydrogen-bond donors (Lipinski definition) is 4. The second-order valence-corrected chi connectivity index (χ2v) is 9.41. The normalized spacial score (nSPS) is 18.2. The Hall–Kier alpha value is -4.18. The van der Waals surface area contributed by atoms with Crippen molar-refractivity contribution in [3.05, 3.63) is 59.7 Å². The minimum atomic E-state index is -0.412. The van der Waals surface area contributed by atoms with Gasteiger partial charge >= 0.3 is 6.09 Å². The van der Waals surface area contributed by atoms with Crippen molar-refractivity contribution in [3.8, 4) is 28.4 Å². The van der Waals surface area contributed by atoms with Crippen LogP contribution in [0.25, 0.3) is 39.1 Å². The van der Waals surface area contributed by atoms with E-state index in [1.54, 1.807) is 30.5 Å². The number of phenols is 1. The third-order valence-electron chi connectivity index (χ3n) is 7.09. The number of amides is 1. The molecule has 0 spiro atoms. The average molecular weight is 503 g/mol. The molecular weight excluding hydrogens is 475 g/mol. The molecule has 4 aromatic rings. The number of ether oxygens (including phenoxy) is 1. The van der Waals surface area contributed by atoms with Crippen molar-refractivity contribution in [2.24, 2.45) is 0 Å². The summed E-state index contributed by atoms with van der Waals surface area (Å²) in [7, 11) is 0. The molecule has 0 radical (unpaired) electrons. The van der Waals surface area contributed by atoms with Gasteiger partial charge in [-0.3, -0.25) is 10.00 Å². The van der Waals surface area contributed by atoms with Gasteiger partial charge in [0, 0.05) is 30.6 Å². The van der Waals surface area contributed by atoms with E-state index in [9.17, 15) is 9.90 Å². The number of cyclic esters (lactones) is 1. The molecule has 0 aliphatic carbocycles. The van der Waals surface area contributed by atoms with Crippen LogP contribution in [0.5, 0.6) is 5.75 Å². The monoisotopic (exact) mass is 502 g/mol. The first kappa shape index (κ1) is 23.2. The number of carbonyl (C=O) groups excluding carboxylic acids is 1. The number of carbonyl (C=O) groups is 1. The molecule has 0 saturated carbocycles. The van der Waals surface area contributed by atoms with Gasteiger partial charge in [-0.25, -0.2) is 14.2 Å². The largest absolute Gasteiger partial charge is 0.508 e. The highest BCUT2D eigenvalue weighted by atomic mass is 19.1. The molecule has 1 fully saturated rings. The summed E-state index contributed by atoms with van der Waals surface area (Å²) in [6.07, 6.45) is 4.99. The summed E-state index contributed by atoms with van der Waals surface area (Å²) in [6, 6.07) is 8.57. The Labute approximate surface area is 212 Å². The molecule has 0 bridgehead atoms. The van der Waals surface area contributed by atoms with E-state index < -0.39 is 5.82 Å². The SMILES string of the molecule is CCc1cc(O)ccc1-c1ccc2c(-c3ncc(C4=CCN(CC5CNC(=O)O5)CC4)[nH]3)[nH]nc2c1F. The number of aryl methyl sites for hydroxylation is 1. The van der Waals surface area contributed by atoms with E-state index in [0.717, 1.165) is 41.9 Å². The van der Waals surface area contributed by atoms with E-state index in [1.165, 1.54) is 0 Å². The molecule has 2 aliphatic rings. The van der Waals surface area contributed by atoms with E-state index >= 15 is 4.39 Å². The van der Waals surface area contributed by atoms with Gasteiger partial charge in [0.2, 0.25) is 0 Å². The van der Waals surface area contributed by atoms with Crippen molar-refractivity contribution in [1.29, 1.82) is 0 Å². The number of aromatic hydroxyl groups is 1. The van der Waals surface area contributed by atoms with Crippen LogP contribution in [0, 0.1) is 5.82 Å². The van der Waals surface area contributed by atoms with Gasteiger partial charge in [0.1, 0.15) is 23.1 Å². The number of aromatic nitrogens is 4. The number of hydrogen-bond acceptors (Lipinski definition) is 6. The summed E-state index contributed by atoms with van der Waals surface area (Å²) in [5, 5.41) is 20.4. The Bertz CT molecular complexity index is 1520. The standard InChI is InChI=1S/C27H27FN6O3/c1-2-15-11-17(35)3-4-19(15)20-5-6-21-24(23(20)28)32-33-25(21)26-29-13-22(31-26)16-7-9-34(10-8-16)14-18-12-30-27(36)37-18/h3-7,11,13,18,35H,2,8-10,12,14H2,1H3,(H,29,31)(H,30,36)(H,32,33). The summed E-state index contributed by atoms with van der Waals surface area (Å²) >= 11 is 0. The van der Waals surface area contributed by atoms with E-state index in [1.807, 2.05) is 13.0 Å². The molecule has 2 aromatic heterocycles. The summed E-state index contributed by atoms with van der Waals surface area (Å²) in [5.74, 6) is 0.344. The fraction of sp³-hybridized carbons (Fsp3) is 0.296. The molecule has 6 rings (SSSR count). The van der Waals surface area contributed by atoms with E-state index in [2.05, 4.69) is 36.5 Å². The smallest absolute Gasteiger partial charge is 0.407 e. The fourth-order valence-electron chi connectivity index (χ4n) is 5.13. The number of phenolic OH excluding ortho intramolecular Hbond substituents is 1. The predicted octanol–water partition coefficient (Wildman–Crippen LogP) is 4.22. The summed E-state index contributed by atoms with van der Waals surface area (Å²) in [6.45, 7) is 4.83. The number of imidazole rings is 1.